The van der Waals surface area contributed by atoms with Crippen LogP contribution in [0.1, 0.15) is 44.9 Å². The van der Waals surface area contributed by atoms with Crippen molar-refractivity contribution in [2.45, 2.75) is 26.7 Å². The predicted molar refractivity (Wildman–Crippen MR) is 127 cm³/mol. The second-order valence-corrected chi connectivity index (χ2v) is 8.58. The lowest BCUT2D eigenvalue weighted by Gasteiger charge is -2.05. The maximum Gasteiger partial charge on any atom is 0.342 e. The largest absolute Gasteiger partial charge is 0.465 e. The lowest BCUT2D eigenvalue weighted by Crippen LogP contribution is -2.14. The van der Waals surface area contributed by atoms with E-state index in [2.05, 4.69) is 10.3 Å². The molecule has 0 spiro atoms. The molecule has 1 N–H and O–H groups in total. The third-order valence-corrected chi connectivity index (χ3v) is 6.24. The van der Waals surface area contributed by atoms with Crippen LogP contribution in [0, 0.1) is 13.8 Å². The molecule has 0 saturated heterocycles. The molecule has 0 radical (unpaired) electrons. The van der Waals surface area contributed by atoms with Crippen LogP contribution in [0.3, 0.4) is 0 Å². The number of benzene rings is 2. The van der Waals surface area contributed by atoms with Gasteiger partial charge in [-0.1, -0.05) is 42.0 Å². The van der Waals surface area contributed by atoms with Gasteiger partial charge in [-0.25, -0.2) is 9.78 Å². The smallest absolute Gasteiger partial charge is 0.342 e. The first kappa shape index (κ1) is 22.4. The number of para-hydroxylation sites is 1. The van der Waals surface area contributed by atoms with Crippen molar-refractivity contribution in [3.63, 3.8) is 0 Å². The maximum absolute atomic E-state index is 12.7. The molecule has 2 heterocycles. The Labute approximate surface area is 194 Å². The second-order valence-electron chi connectivity index (χ2n) is 7.55. The Balaban J connectivity index is 1.59. The lowest BCUT2D eigenvalue weighted by molar-refractivity contribution is -0.116. The maximum atomic E-state index is 12.7. The zero-order valence-electron chi connectivity index (χ0n) is 18.4. The minimum absolute atomic E-state index is 0.0285. The van der Waals surface area contributed by atoms with Crippen molar-refractivity contribution in [1.29, 1.82) is 0 Å². The van der Waals surface area contributed by atoms with Crippen molar-refractivity contribution in [3.8, 4) is 10.6 Å². The third kappa shape index (κ3) is 4.70. The van der Waals surface area contributed by atoms with Crippen LogP contribution in [-0.4, -0.2) is 29.8 Å². The highest BCUT2D eigenvalue weighted by atomic mass is 32.1. The molecule has 7 nitrogen and oxygen atoms in total. The average Bonchev–Trinajstić information content (AvgIpc) is 3.37. The van der Waals surface area contributed by atoms with Crippen molar-refractivity contribution in [2.24, 2.45) is 0 Å². The number of carbonyl (C=O) groups is 3. The van der Waals surface area contributed by atoms with Gasteiger partial charge in [-0.3, -0.25) is 14.9 Å². The number of rotatable bonds is 7. The topological polar surface area (TPSA) is 98.5 Å². The number of nitrogens with zero attached hydrogens (tertiary/aromatic N) is 1. The summed E-state index contributed by atoms with van der Waals surface area (Å²) in [5.41, 5.74) is 2.97. The summed E-state index contributed by atoms with van der Waals surface area (Å²) in [6, 6.07) is 14.8. The van der Waals surface area contributed by atoms with E-state index >= 15 is 0 Å². The zero-order valence-corrected chi connectivity index (χ0v) is 19.2. The van der Waals surface area contributed by atoms with Gasteiger partial charge in [0.1, 0.15) is 16.3 Å². The number of Topliss-reactive ketones (excluding diaryl/α,β-unsaturated/α-hetero) is 1. The van der Waals surface area contributed by atoms with E-state index in [4.69, 9.17) is 9.15 Å². The molecule has 8 heteroatoms. The van der Waals surface area contributed by atoms with Crippen LogP contribution in [0.5, 0.6) is 0 Å². The van der Waals surface area contributed by atoms with E-state index in [0.717, 1.165) is 15.8 Å². The van der Waals surface area contributed by atoms with Gasteiger partial charge in [0.2, 0.25) is 11.8 Å². The quantitative estimate of drug-likeness (QED) is 0.285. The number of methoxy groups -OCH3 is 1. The van der Waals surface area contributed by atoms with Crippen molar-refractivity contribution in [3.05, 3.63) is 71.0 Å². The first-order valence-corrected chi connectivity index (χ1v) is 11.2. The number of aryl methyl sites for hydroxylation is 2. The summed E-state index contributed by atoms with van der Waals surface area (Å²) >= 11 is 1.38. The lowest BCUT2D eigenvalue weighted by atomic mass is 10.0. The Hall–Kier alpha value is -3.78. The van der Waals surface area contributed by atoms with Gasteiger partial charge in [0.15, 0.2) is 5.78 Å². The molecule has 0 aliphatic heterocycles. The summed E-state index contributed by atoms with van der Waals surface area (Å²) in [6.45, 7) is 3.57. The van der Waals surface area contributed by atoms with E-state index in [1.165, 1.54) is 18.4 Å². The number of hydrogen-bond donors (Lipinski definition) is 1. The molecule has 168 valence electrons. The predicted octanol–water partition coefficient (Wildman–Crippen LogP) is 5.56. The van der Waals surface area contributed by atoms with Crippen LogP contribution in [0.4, 0.5) is 5.88 Å². The fourth-order valence-corrected chi connectivity index (χ4v) is 4.48. The highest BCUT2D eigenvalue weighted by Crippen LogP contribution is 2.40. The third-order valence-electron chi connectivity index (χ3n) is 5.19. The fraction of sp³-hybridized carbons (Fsp3) is 0.200. The Morgan fingerprint density at radius 2 is 1.76 bits per heavy atom. The summed E-state index contributed by atoms with van der Waals surface area (Å²) in [5.74, 6) is -0.687. The second kappa shape index (κ2) is 9.38. The van der Waals surface area contributed by atoms with Gasteiger partial charge < -0.3 is 9.15 Å². The van der Waals surface area contributed by atoms with Gasteiger partial charge in [-0.15, -0.1) is 11.3 Å². The number of ether oxygens (including phenoxy) is 1. The van der Waals surface area contributed by atoms with E-state index < -0.39 is 11.9 Å². The number of aromatic nitrogens is 1. The van der Waals surface area contributed by atoms with E-state index in [-0.39, 0.29) is 30.1 Å². The van der Waals surface area contributed by atoms with Crippen LogP contribution in [0.2, 0.25) is 0 Å². The first-order chi connectivity index (χ1) is 15.9. The van der Waals surface area contributed by atoms with E-state index in [9.17, 15) is 14.4 Å². The van der Waals surface area contributed by atoms with Gasteiger partial charge >= 0.3 is 5.97 Å². The van der Waals surface area contributed by atoms with Gasteiger partial charge in [-0.2, -0.15) is 0 Å². The van der Waals surface area contributed by atoms with Crippen LogP contribution in [-0.2, 0) is 9.53 Å². The highest BCUT2D eigenvalue weighted by molar-refractivity contribution is 7.21. The highest BCUT2D eigenvalue weighted by Gasteiger charge is 2.28. The normalized spacial score (nSPS) is 10.9. The van der Waals surface area contributed by atoms with Crippen molar-refractivity contribution in [1.82, 2.24) is 4.98 Å². The summed E-state index contributed by atoms with van der Waals surface area (Å²) in [5, 5.41) is 3.24. The molecule has 0 bridgehead atoms. The van der Waals surface area contributed by atoms with E-state index in [1.807, 2.05) is 43.3 Å². The molecular formula is C25H22N2O5S. The van der Waals surface area contributed by atoms with E-state index in [0.29, 0.717) is 21.9 Å². The molecule has 4 aromatic rings. The van der Waals surface area contributed by atoms with E-state index in [1.54, 1.807) is 19.1 Å². The number of nitrogens with one attached hydrogen (secondary N) is 1. The Bertz CT molecular complexity index is 1320. The van der Waals surface area contributed by atoms with Gasteiger partial charge in [0, 0.05) is 18.4 Å². The average molecular weight is 463 g/mol. The molecule has 0 saturated carbocycles. The van der Waals surface area contributed by atoms with Crippen LogP contribution < -0.4 is 5.32 Å². The van der Waals surface area contributed by atoms with Gasteiger partial charge in [0.25, 0.3) is 0 Å². The molecule has 2 aromatic heterocycles. The summed E-state index contributed by atoms with van der Waals surface area (Å²) in [4.78, 5) is 42.2. The number of esters is 1. The molecule has 0 fully saturated rings. The van der Waals surface area contributed by atoms with Gasteiger partial charge in [-0.05, 0) is 26.0 Å². The molecule has 1 amide bonds. The summed E-state index contributed by atoms with van der Waals surface area (Å²) in [6.07, 6.45) is 0.0220. The number of amides is 1. The van der Waals surface area contributed by atoms with Crippen molar-refractivity contribution in [2.75, 3.05) is 12.4 Å². The molecule has 0 aliphatic rings. The number of anilines is 1. The first-order valence-electron chi connectivity index (χ1n) is 10.3. The van der Waals surface area contributed by atoms with Crippen LogP contribution in [0.25, 0.3) is 20.8 Å². The van der Waals surface area contributed by atoms with Gasteiger partial charge in [0.05, 0.1) is 22.9 Å². The number of carbonyl (C=O) groups excluding carboxylic acids is 3. The number of thiazole rings is 1. The number of fused-ring (bicyclic) bond motifs is 1. The minimum Gasteiger partial charge on any atom is -0.465 e. The Morgan fingerprint density at radius 1 is 1.03 bits per heavy atom. The number of ketones is 1. The molecule has 0 aliphatic carbocycles. The molecular weight excluding hydrogens is 440 g/mol. The van der Waals surface area contributed by atoms with Crippen molar-refractivity contribution < 1.29 is 23.5 Å². The standard InChI is InChI=1S/C25H22N2O5S/c1-14-8-10-16(11-9-14)18(28)12-13-20(29)27-23-22(21(15(2)32-23)25(30)31-3)24-26-17-6-4-5-7-19(17)33-24/h4-11H,12-13H2,1-3H3,(H,27,29). The molecule has 0 atom stereocenters. The van der Waals surface area contributed by atoms with Crippen LogP contribution >= 0.6 is 11.3 Å². The number of furan rings is 1. The molecule has 2 aromatic carbocycles. The zero-order chi connectivity index (χ0) is 23.5. The minimum atomic E-state index is -0.583. The number of hydrogen-bond acceptors (Lipinski definition) is 7. The Kier molecular flexibility index (Phi) is 6.37. The monoisotopic (exact) mass is 462 g/mol. The molecule has 0 unspecified atom stereocenters. The summed E-state index contributed by atoms with van der Waals surface area (Å²) in [7, 11) is 1.28. The van der Waals surface area contributed by atoms with Crippen molar-refractivity contribution >= 4 is 45.1 Å². The molecule has 4 rings (SSSR count). The fourth-order valence-electron chi connectivity index (χ4n) is 3.46. The summed E-state index contributed by atoms with van der Waals surface area (Å²) < 4.78 is 11.6. The molecule has 33 heavy (non-hydrogen) atoms. The SMILES string of the molecule is COC(=O)c1c(C)oc(NC(=O)CCC(=O)c2ccc(C)cc2)c1-c1nc2ccccc2s1. The Morgan fingerprint density at radius 3 is 2.45 bits per heavy atom. The van der Waals surface area contributed by atoms with Crippen LogP contribution in [0.15, 0.2) is 52.9 Å².